The smallest absolute Gasteiger partial charge is 0.129 e. The summed E-state index contributed by atoms with van der Waals surface area (Å²) in [6.07, 6.45) is 1.69. The van der Waals surface area contributed by atoms with Gasteiger partial charge in [-0.05, 0) is 42.2 Å². The summed E-state index contributed by atoms with van der Waals surface area (Å²) in [5, 5.41) is 10.9. The van der Waals surface area contributed by atoms with Crippen molar-refractivity contribution < 1.29 is 14.2 Å². The van der Waals surface area contributed by atoms with Crippen molar-refractivity contribution in [1.82, 2.24) is 0 Å². The van der Waals surface area contributed by atoms with Crippen LogP contribution in [0.2, 0.25) is 0 Å². The van der Waals surface area contributed by atoms with Gasteiger partial charge in [-0.1, -0.05) is 24.3 Å². The lowest BCUT2D eigenvalue weighted by molar-refractivity contribution is 0.0188. The van der Waals surface area contributed by atoms with Crippen LogP contribution < -0.4 is 4.74 Å². The number of aryl methyl sites for hydroxylation is 1. The Balaban J connectivity index is 2.00. The van der Waals surface area contributed by atoms with Crippen molar-refractivity contribution in [3.63, 3.8) is 0 Å². The van der Waals surface area contributed by atoms with Crippen molar-refractivity contribution in [3.8, 4) is 5.75 Å². The summed E-state index contributed by atoms with van der Waals surface area (Å²) >= 11 is 0. The molecular weight excluding hydrogens is 255 g/mol. The Bertz CT molecular complexity index is 639. The molecule has 3 heteroatoms. The average molecular weight is 272 g/mol. The van der Waals surface area contributed by atoms with Gasteiger partial charge in [0.05, 0.1) is 12.7 Å². The van der Waals surface area contributed by atoms with Crippen LogP contribution in [0.15, 0.2) is 42.5 Å². The van der Waals surface area contributed by atoms with Crippen molar-refractivity contribution in [1.29, 1.82) is 0 Å². The van der Waals surface area contributed by atoms with Gasteiger partial charge in [0.25, 0.3) is 0 Å². The predicted octanol–water partition coefficient (Wildman–Crippen LogP) is 3.21. The fourth-order valence-electron chi connectivity index (χ4n) is 2.95. The summed E-state index contributed by atoms with van der Waals surface area (Å²) in [5.74, 6) is 0.419. The molecule has 0 radical (unpaired) electrons. The van der Waals surface area contributed by atoms with Gasteiger partial charge in [-0.2, -0.15) is 0 Å². The second kappa shape index (κ2) is 4.91. The number of fused-ring (bicyclic) bond motifs is 1. The molecule has 1 aliphatic carbocycles. The summed E-state index contributed by atoms with van der Waals surface area (Å²) in [4.78, 5) is 0. The maximum absolute atomic E-state index is 14.0. The number of aliphatic hydroxyl groups is 1. The quantitative estimate of drug-likeness (QED) is 0.909. The van der Waals surface area contributed by atoms with Gasteiger partial charge in [0.2, 0.25) is 0 Å². The second-order valence-corrected chi connectivity index (χ2v) is 5.32. The molecular formula is C17H17FO2. The molecule has 2 aromatic rings. The second-order valence-electron chi connectivity index (χ2n) is 5.32. The van der Waals surface area contributed by atoms with E-state index in [1.54, 1.807) is 25.3 Å². The van der Waals surface area contributed by atoms with Gasteiger partial charge >= 0.3 is 0 Å². The molecule has 1 unspecified atom stereocenters. The molecule has 1 N–H and O–H groups in total. The Morgan fingerprint density at radius 2 is 1.95 bits per heavy atom. The first kappa shape index (κ1) is 13.1. The van der Waals surface area contributed by atoms with Crippen LogP contribution in [0.3, 0.4) is 0 Å². The molecule has 3 rings (SSSR count). The van der Waals surface area contributed by atoms with E-state index < -0.39 is 5.60 Å². The lowest BCUT2D eigenvalue weighted by Gasteiger charge is -2.34. The Morgan fingerprint density at radius 1 is 1.15 bits per heavy atom. The largest absolute Gasteiger partial charge is 0.497 e. The zero-order chi connectivity index (χ0) is 14.2. The van der Waals surface area contributed by atoms with Crippen molar-refractivity contribution in [3.05, 3.63) is 65.0 Å². The highest BCUT2D eigenvalue weighted by atomic mass is 19.1. The van der Waals surface area contributed by atoms with Crippen LogP contribution in [0.5, 0.6) is 5.75 Å². The standard InChI is InChI=1S/C17H17FO2/c1-20-14-7-6-12-8-9-17(19,11-13(12)10-14)15-4-2-3-5-16(15)18/h2-7,10,19H,8-9,11H2,1H3. The van der Waals surface area contributed by atoms with Crippen LogP contribution in [0, 0.1) is 5.82 Å². The fourth-order valence-corrected chi connectivity index (χ4v) is 2.95. The van der Waals surface area contributed by atoms with Crippen LogP contribution in [-0.2, 0) is 18.4 Å². The molecule has 2 nitrogen and oxygen atoms in total. The summed E-state index contributed by atoms with van der Waals surface area (Å²) in [7, 11) is 1.62. The van der Waals surface area contributed by atoms with Crippen LogP contribution in [0.1, 0.15) is 23.1 Å². The number of methoxy groups -OCH3 is 1. The summed E-state index contributed by atoms with van der Waals surface area (Å²) < 4.78 is 19.2. The fraction of sp³-hybridized carbons (Fsp3) is 0.294. The molecule has 0 spiro atoms. The lowest BCUT2D eigenvalue weighted by atomic mass is 9.76. The molecule has 1 aliphatic rings. The lowest BCUT2D eigenvalue weighted by Crippen LogP contribution is -2.34. The summed E-state index contributed by atoms with van der Waals surface area (Å²) in [6, 6.07) is 12.3. The Labute approximate surface area is 117 Å². The highest BCUT2D eigenvalue weighted by molar-refractivity contribution is 5.40. The monoisotopic (exact) mass is 272 g/mol. The number of benzene rings is 2. The topological polar surface area (TPSA) is 29.5 Å². The molecule has 0 aliphatic heterocycles. The van der Waals surface area contributed by atoms with Crippen LogP contribution in [-0.4, -0.2) is 12.2 Å². The minimum atomic E-state index is -1.13. The molecule has 1 atom stereocenters. The van der Waals surface area contributed by atoms with E-state index in [-0.39, 0.29) is 5.82 Å². The SMILES string of the molecule is COc1ccc2c(c1)CC(O)(c1ccccc1F)CC2. The highest BCUT2D eigenvalue weighted by Gasteiger charge is 2.35. The maximum Gasteiger partial charge on any atom is 0.129 e. The zero-order valence-electron chi connectivity index (χ0n) is 11.4. The Kier molecular flexibility index (Phi) is 3.22. The van der Waals surface area contributed by atoms with Gasteiger partial charge in [0, 0.05) is 12.0 Å². The minimum Gasteiger partial charge on any atom is -0.497 e. The van der Waals surface area contributed by atoms with Gasteiger partial charge < -0.3 is 9.84 Å². The van der Waals surface area contributed by atoms with E-state index in [2.05, 4.69) is 0 Å². The third-order valence-electron chi connectivity index (χ3n) is 4.08. The summed E-state index contributed by atoms with van der Waals surface area (Å²) in [5.41, 5.74) is 1.48. The van der Waals surface area contributed by atoms with Gasteiger partial charge in [-0.15, -0.1) is 0 Å². The van der Waals surface area contributed by atoms with E-state index in [4.69, 9.17) is 4.74 Å². The molecule has 0 fully saturated rings. The number of rotatable bonds is 2. The van der Waals surface area contributed by atoms with E-state index in [1.165, 1.54) is 11.6 Å². The first-order valence-electron chi connectivity index (χ1n) is 6.75. The molecule has 0 saturated carbocycles. The van der Waals surface area contributed by atoms with E-state index in [0.29, 0.717) is 18.4 Å². The summed E-state index contributed by atoms with van der Waals surface area (Å²) in [6.45, 7) is 0. The Hall–Kier alpha value is -1.87. The van der Waals surface area contributed by atoms with Crippen molar-refractivity contribution in [2.75, 3.05) is 7.11 Å². The maximum atomic E-state index is 14.0. The first-order chi connectivity index (χ1) is 9.62. The molecule has 104 valence electrons. The average Bonchev–Trinajstić information content (AvgIpc) is 2.46. The van der Waals surface area contributed by atoms with Crippen molar-refractivity contribution in [2.24, 2.45) is 0 Å². The van der Waals surface area contributed by atoms with E-state index in [0.717, 1.165) is 17.7 Å². The normalized spacial score (nSPS) is 21.4. The molecule has 0 bridgehead atoms. The Morgan fingerprint density at radius 3 is 2.70 bits per heavy atom. The molecule has 0 heterocycles. The number of hydrogen-bond donors (Lipinski definition) is 1. The van der Waals surface area contributed by atoms with Crippen molar-refractivity contribution in [2.45, 2.75) is 24.9 Å². The van der Waals surface area contributed by atoms with Crippen LogP contribution in [0.4, 0.5) is 4.39 Å². The predicted molar refractivity (Wildman–Crippen MR) is 75.3 cm³/mol. The first-order valence-corrected chi connectivity index (χ1v) is 6.75. The third kappa shape index (κ3) is 2.18. The molecule has 0 amide bonds. The third-order valence-corrected chi connectivity index (χ3v) is 4.08. The van der Waals surface area contributed by atoms with Gasteiger partial charge in [-0.25, -0.2) is 4.39 Å². The molecule has 20 heavy (non-hydrogen) atoms. The molecule has 0 aromatic heterocycles. The number of hydrogen-bond acceptors (Lipinski definition) is 2. The van der Waals surface area contributed by atoms with Gasteiger partial charge in [0.15, 0.2) is 0 Å². The van der Waals surface area contributed by atoms with Gasteiger partial charge in [0.1, 0.15) is 11.6 Å². The van der Waals surface area contributed by atoms with Crippen molar-refractivity contribution >= 4 is 0 Å². The number of halogens is 1. The van der Waals surface area contributed by atoms with E-state index in [9.17, 15) is 9.50 Å². The zero-order valence-corrected chi connectivity index (χ0v) is 11.4. The van der Waals surface area contributed by atoms with Gasteiger partial charge in [-0.3, -0.25) is 0 Å². The van der Waals surface area contributed by atoms with E-state index in [1.807, 2.05) is 18.2 Å². The molecule has 2 aromatic carbocycles. The molecule has 0 saturated heterocycles. The highest BCUT2D eigenvalue weighted by Crippen LogP contribution is 2.38. The number of ether oxygens (including phenoxy) is 1. The van der Waals surface area contributed by atoms with E-state index >= 15 is 0 Å². The van der Waals surface area contributed by atoms with Crippen LogP contribution in [0.25, 0.3) is 0 Å². The minimum absolute atomic E-state index is 0.346. The van der Waals surface area contributed by atoms with Crippen LogP contribution >= 0.6 is 0 Å².